The first kappa shape index (κ1) is 13.9. The molecule has 3 N–H and O–H groups in total. The van der Waals surface area contributed by atoms with E-state index < -0.39 is 5.54 Å². The monoisotopic (exact) mass is 258 g/mol. The molecule has 0 aliphatic rings. The van der Waals surface area contributed by atoms with E-state index in [2.05, 4.69) is 20.8 Å². The Hall–Kier alpha value is -1.15. The maximum atomic E-state index is 11.2. The summed E-state index contributed by atoms with van der Waals surface area (Å²) in [6.07, 6.45) is 1.55. The number of carbonyl (C=O) groups excluding carboxylic acids is 1. The van der Waals surface area contributed by atoms with Gasteiger partial charge in [-0.3, -0.25) is 4.79 Å². The molecule has 17 heavy (non-hydrogen) atoms. The SMILES string of the molecule is CNC(C)(CCCSc1nnnn1C)C(N)=O. The van der Waals surface area contributed by atoms with E-state index in [-0.39, 0.29) is 5.91 Å². The number of rotatable bonds is 7. The van der Waals surface area contributed by atoms with Crippen LogP contribution in [-0.4, -0.2) is 44.5 Å². The number of thioether (sulfide) groups is 1. The lowest BCUT2D eigenvalue weighted by Crippen LogP contribution is -2.51. The molecule has 1 aromatic heterocycles. The quantitative estimate of drug-likeness (QED) is 0.507. The molecule has 0 fully saturated rings. The molecule has 0 bridgehead atoms. The molecule has 0 spiro atoms. The van der Waals surface area contributed by atoms with Crippen molar-refractivity contribution in [2.45, 2.75) is 30.5 Å². The Morgan fingerprint density at radius 3 is 2.82 bits per heavy atom. The molecule has 0 saturated carbocycles. The van der Waals surface area contributed by atoms with Crippen molar-refractivity contribution < 1.29 is 4.79 Å². The van der Waals surface area contributed by atoms with Gasteiger partial charge in [-0.1, -0.05) is 11.8 Å². The molecule has 7 nitrogen and oxygen atoms in total. The smallest absolute Gasteiger partial charge is 0.237 e. The summed E-state index contributed by atoms with van der Waals surface area (Å²) < 4.78 is 1.62. The van der Waals surface area contributed by atoms with Gasteiger partial charge in [-0.25, -0.2) is 4.68 Å². The van der Waals surface area contributed by atoms with Gasteiger partial charge >= 0.3 is 0 Å². The molecule has 1 aromatic rings. The molecule has 1 amide bonds. The highest BCUT2D eigenvalue weighted by Gasteiger charge is 2.27. The van der Waals surface area contributed by atoms with Gasteiger partial charge in [-0.15, -0.1) is 5.10 Å². The van der Waals surface area contributed by atoms with Gasteiger partial charge in [0.1, 0.15) is 0 Å². The van der Waals surface area contributed by atoms with E-state index in [1.54, 1.807) is 30.5 Å². The largest absolute Gasteiger partial charge is 0.368 e. The Bertz CT molecular complexity index is 381. The molecule has 0 aromatic carbocycles. The lowest BCUT2D eigenvalue weighted by molar-refractivity contribution is -0.123. The lowest BCUT2D eigenvalue weighted by atomic mass is 9.96. The summed E-state index contributed by atoms with van der Waals surface area (Å²) in [4.78, 5) is 11.2. The minimum Gasteiger partial charge on any atom is -0.368 e. The van der Waals surface area contributed by atoms with Crippen molar-refractivity contribution in [1.82, 2.24) is 25.5 Å². The first-order chi connectivity index (χ1) is 7.99. The molecule has 0 saturated heterocycles. The van der Waals surface area contributed by atoms with E-state index in [1.165, 1.54) is 0 Å². The van der Waals surface area contributed by atoms with Crippen LogP contribution in [0.2, 0.25) is 0 Å². The number of aryl methyl sites for hydroxylation is 1. The van der Waals surface area contributed by atoms with Crippen LogP contribution in [0.15, 0.2) is 5.16 Å². The molecule has 0 aliphatic carbocycles. The second-order valence-corrected chi connectivity index (χ2v) is 5.05. The molecular formula is C9H18N6OS. The van der Waals surface area contributed by atoms with Crippen LogP contribution in [0.5, 0.6) is 0 Å². The Kier molecular flexibility index (Phi) is 4.88. The number of tetrazole rings is 1. The minimum atomic E-state index is -0.640. The summed E-state index contributed by atoms with van der Waals surface area (Å²) in [5.74, 6) is 0.518. The first-order valence-electron chi connectivity index (χ1n) is 5.33. The number of nitrogens with one attached hydrogen (secondary N) is 1. The van der Waals surface area contributed by atoms with Crippen molar-refractivity contribution in [3.8, 4) is 0 Å². The van der Waals surface area contributed by atoms with Crippen LogP contribution in [0.1, 0.15) is 19.8 Å². The van der Waals surface area contributed by atoms with Gasteiger partial charge in [0.05, 0.1) is 5.54 Å². The molecular weight excluding hydrogens is 240 g/mol. The average molecular weight is 258 g/mol. The zero-order valence-electron chi connectivity index (χ0n) is 10.3. The number of hydrogen-bond donors (Lipinski definition) is 2. The molecule has 96 valence electrons. The third-order valence-corrected chi connectivity index (χ3v) is 3.83. The van der Waals surface area contributed by atoms with Crippen LogP contribution in [0.3, 0.4) is 0 Å². The number of carbonyl (C=O) groups is 1. The van der Waals surface area contributed by atoms with Crippen molar-refractivity contribution in [1.29, 1.82) is 0 Å². The normalized spacial score (nSPS) is 14.5. The van der Waals surface area contributed by atoms with Crippen LogP contribution in [0.4, 0.5) is 0 Å². The summed E-state index contributed by atoms with van der Waals surface area (Å²) in [6.45, 7) is 1.81. The zero-order valence-corrected chi connectivity index (χ0v) is 11.1. The molecule has 1 unspecified atom stereocenters. The summed E-state index contributed by atoms with van der Waals surface area (Å²) in [5.41, 5.74) is 4.70. The van der Waals surface area contributed by atoms with Crippen molar-refractivity contribution in [2.24, 2.45) is 12.8 Å². The van der Waals surface area contributed by atoms with Gasteiger partial charge in [-0.2, -0.15) is 0 Å². The average Bonchev–Trinajstić information content (AvgIpc) is 2.70. The third-order valence-electron chi connectivity index (χ3n) is 2.73. The topological polar surface area (TPSA) is 98.7 Å². The Labute approximate surface area is 105 Å². The van der Waals surface area contributed by atoms with Gasteiger partial charge in [0.2, 0.25) is 11.1 Å². The summed E-state index contributed by atoms with van der Waals surface area (Å²) in [7, 11) is 3.54. The number of primary amides is 1. The second kappa shape index (κ2) is 5.97. The van der Waals surface area contributed by atoms with Gasteiger partial charge < -0.3 is 11.1 Å². The predicted octanol–water partition coefficient (Wildman–Crippen LogP) is -0.454. The van der Waals surface area contributed by atoms with E-state index in [4.69, 9.17) is 5.73 Å². The fourth-order valence-corrected chi connectivity index (χ4v) is 2.09. The standard InChI is InChI=1S/C9H18N6OS/c1-9(11-2,7(10)16)5-4-6-17-8-12-13-14-15(8)3/h11H,4-6H2,1-3H3,(H2,10,16). The number of likely N-dealkylation sites (N-methyl/N-ethyl adjacent to an activating group) is 1. The minimum absolute atomic E-state index is 0.328. The molecule has 8 heteroatoms. The number of nitrogens with zero attached hydrogens (tertiary/aromatic N) is 4. The van der Waals surface area contributed by atoms with E-state index in [0.717, 1.165) is 17.3 Å². The summed E-state index contributed by atoms with van der Waals surface area (Å²) >= 11 is 1.56. The third kappa shape index (κ3) is 3.67. The van der Waals surface area contributed by atoms with Gasteiger partial charge in [0, 0.05) is 12.8 Å². The number of nitrogens with two attached hydrogens (primary N) is 1. The molecule has 0 aliphatic heterocycles. The second-order valence-electron chi connectivity index (χ2n) is 3.98. The van der Waals surface area contributed by atoms with Crippen LogP contribution < -0.4 is 11.1 Å². The van der Waals surface area contributed by atoms with E-state index in [1.807, 2.05) is 6.92 Å². The van der Waals surface area contributed by atoms with Crippen molar-refractivity contribution in [2.75, 3.05) is 12.8 Å². The van der Waals surface area contributed by atoms with E-state index in [9.17, 15) is 4.79 Å². The first-order valence-corrected chi connectivity index (χ1v) is 6.32. The van der Waals surface area contributed by atoms with Gasteiger partial charge in [0.15, 0.2) is 0 Å². The van der Waals surface area contributed by atoms with Gasteiger partial charge in [-0.05, 0) is 37.2 Å². The Balaban J connectivity index is 2.33. The molecule has 1 rings (SSSR count). The van der Waals surface area contributed by atoms with Crippen molar-refractivity contribution in [3.63, 3.8) is 0 Å². The van der Waals surface area contributed by atoms with Gasteiger partial charge in [0.25, 0.3) is 0 Å². The number of amides is 1. The predicted molar refractivity (Wildman–Crippen MR) is 65.4 cm³/mol. The van der Waals surface area contributed by atoms with Crippen LogP contribution in [0, 0.1) is 0 Å². The molecule has 1 atom stereocenters. The Morgan fingerprint density at radius 2 is 2.35 bits per heavy atom. The molecule has 1 heterocycles. The summed E-state index contributed by atoms with van der Waals surface area (Å²) in [5, 5.41) is 14.9. The fourth-order valence-electron chi connectivity index (χ4n) is 1.30. The van der Waals surface area contributed by atoms with Crippen molar-refractivity contribution >= 4 is 17.7 Å². The molecule has 0 radical (unpaired) electrons. The maximum Gasteiger partial charge on any atom is 0.237 e. The number of aromatic nitrogens is 4. The van der Waals surface area contributed by atoms with Crippen molar-refractivity contribution in [3.05, 3.63) is 0 Å². The van der Waals surface area contributed by atoms with Crippen LogP contribution >= 0.6 is 11.8 Å². The number of hydrogen-bond acceptors (Lipinski definition) is 6. The highest BCUT2D eigenvalue weighted by molar-refractivity contribution is 7.99. The highest BCUT2D eigenvalue weighted by atomic mass is 32.2. The fraction of sp³-hybridized carbons (Fsp3) is 0.778. The summed E-state index contributed by atoms with van der Waals surface area (Å²) in [6, 6.07) is 0. The highest BCUT2D eigenvalue weighted by Crippen LogP contribution is 2.18. The zero-order chi connectivity index (χ0) is 12.9. The van der Waals surface area contributed by atoms with Crippen LogP contribution in [-0.2, 0) is 11.8 Å². The lowest BCUT2D eigenvalue weighted by Gasteiger charge is -2.25. The van der Waals surface area contributed by atoms with E-state index in [0.29, 0.717) is 6.42 Å². The van der Waals surface area contributed by atoms with E-state index >= 15 is 0 Å². The maximum absolute atomic E-state index is 11.2. The van der Waals surface area contributed by atoms with Crippen LogP contribution in [0.25, 0.3) is 0 Å². The Morgan fingerprint density at radius 1 is 1.65 bits per heavy atom.